The van der Waals surface area contributed by atoms with E-state index < -0.39 is 11.7 Å². The Labute approximate surface area is 108 Å². The van der Waals surface area contributed by atoms with Crippen molar-refractivity contribution in [1.82, 2.24) is 15.0 Å². The number of hydrogen-bond acceptors (Lipinski definition) is 4. The highest BCUT2D eigenvalue weighted by Crippen LogP contribution is 2.40. The maximum Gasteiger partial charge on any atom is 0.126 e. The van der Waals surface area contributed by atoms with Crippen LogP contribution >= 0.6 is 0 Å². The highest BCUT2D eigenvalue weighted by Gasteiger charge is 2.41. The van der Waals surface area contributed by atoms with Gasteiger partial charge in [0.2, 0.25) is 0 Å². The molecule has 1 aromatic rings. The van der Waals surface area contributed by atoms with Gasteiger partial charge in [0.05, 0.1) is 17.5 Å². The number of aromatic nitrogens is 3. The summed E-state index contributed by atoms with van der Waals surface area (Å²) in [6, 6.07) is 0. The van der Waals surface area contributed by atoms with Crippen molar-refractivity contribution < 1.29 is 9.84 Å². The van der Waals surface area contributed by atoms with E-state index in [1.165, 1.54) is 12.8 Å². The second-order valence-electron chi connectivity index (χ2n) is 5.10. The second kappa shape index (κ2) is 5.80. The molecule has 1 aliphatic carbocycles. The van der Waals surface area contributed by atoms with Crippen molar-refractivity contribution in [1.29, 1.82) is 0 Å². The summed E-state index contributed by atoms with van der Waals surface area (Å²) in [7, 11) is 1.81. The van der Waals surface area contributed by atoms with Gasteiger partial charge in [-0.1, -0.05) is 30.9 Å². The van der Waals surface area contributed by atoms with Gasteiger partial charge in [-0.3, -0.25) is 0 Å². The van der Waals surface area contributed by atoms with Crippen molar-refractivity contribution in [3.05, 3.63) is 11.9 Å². The van der Waals surface area contributed by atoms with Crippen molar-refractivity contribution in [2.75, 3.05) is 6.61 Å². The number of aryl methyl sites for hydroxylation is 1. The Balaban J connectivity index is 2.25. The van der Waals surface area contributed by atoms with Crippen molar-refractivity contribution in [2.24, 2.45) is 7.05 Å². The van der Waals surface area contributed by atoms with Crippen LogP contribution in [0.5, 0.6) is 0 Å². The summed E-state index contributed by atoms with van der Waals surface area (Å²) in [5.74, 6) is 0. The Morgan fingerprint density at radius 1 is 1.39 bits per heavy atom. The van der Waals surface area contributed by atoms with Crippen LogP contribution in [0.4, 0.5) is 0 Å². The molecule has 0 saturated heterocycles. The maximum atomic E-state index is 10.7. The molecule has 5 nitrogen and oxygen atoms in total. The van der Waals surface area contributed by atoms with Crippen LogP contribution in [0.3, 0.4) is 0 Å². The summed E-state index contributed by atoms with van der Waals surface area (Å²) in [5, 5.41) is 18.4. The van der Waals surface area contributed by atoms with Crippen LogP contribution in [0.2, 0.25) is 0 Å². The van der Waals surface area contributed by atoms with E-state index in [9.17, 15) is 5.11 Å². The summed E-state index contributed by atoms with van der Waals surface area (Å²) in [5.41, 5.74) is 0.283. The number of hydrogen-bond donors (Lipinski definition) is 1. The average molecular weight is 253 g/mol. The predicted molar refractivity (Wildman–Crippen MR) is 68.0 cm³/mol. The molecule has 0 radical (unpaired) electrons. The van der Waals surface area contributed by atoms with Gasteiger partial charge < -0.3 is 9.84 Å². The fraction of sp³-hybridized carbons (Fsp3) is 0.846. The lowest BCUT2D eigenvalue weighted by molar-refractivity contribution is -0.133. The SMILES string of the molecule is CCOC1(C(O)c2cnnn2C)CCCCCC1. The summed E-state index contributed by atoms with van der Waals surface area (Å²) >= 11 is 0. The van der Waals surface area contributed by atoms with Gasteiger partial charge in [-0.15, -0.1) is 5.10 Å². The third-order valence-electron chi connectivity index (χ3n) is 3.91. The second-order valence-corrected chi connectivity index (χ2v) is 5.10. The Kier molecular flexibility index (Phi) is 4.35. The lowest BCUT2D eigenvalue weighted by Gasteiger charge is -2.37. The van der Waals surface area contributed by atoms with Gasteiger partial charge in [-0.05, 0) is 19.8 Å². The van der Waals surface area contributed by atoms with Gasteiger partial charge in [-0.2, -0.15) is 0 Å². The first-order valence-corrected chi connectivity index (χ1v) is 6.86. The smallest absolute Gasteiger partial charge is 0.126 e. The normalized spacial score (nSPS) is 21.5. The van der Waals surface area contributed by atoms with E-state index in [-0.39, 0.29) is 0 Å². The van der Waals surface area contributed by atoms with Crippen molar-refractivity contribution in [3.63, 3.8) is 0 Å². The van der Waals surface area contributed by atoms with E-state index in [1.54, 1.807) is 10.9 Å². The minimum atomic E-state index is -0.643. The largest absolute Gasteiger partial charge is 0.384 e. The fourth-order valence-electron chi connectivity index (χ4n) is 2.93. The minimum Gasteiger partial charge on any atom is -0.384 e. The van der Waals surface area contributed by atoms with Crippen LogP contribution < -0.4 is 0 Å². The monoisotopic (exact) mass is 253 g/mol. The number of aliphatic hydroxyl groups excluding tert-OH is 1. The predicted octanol–water partition coefficient (Wildman–Crippen LogP) is 1.98. The van der Waals surface area contributed by atoms with Crippen molar-refractivity contribution in [3.8, 4) is 0 Å². The average Bonchev–Trinajstić information content (AvgIpc) is 2.64. The Bertz CT molecular complexity index is 370. The Hall–Kier alpha value is -0.940. The van der Waals surface area contributed by atoms with Crippen LogP contribution in [0.1, 0.15) is 57.2 Å². The van der Waals surface area contributed by atoms with Gasteiger partial charge >= 0.3 is 0 Å². The fourth-order valence-corrected chi connectivity index (χ4v) is 2.93. The zero-order chi connectivity index (χ0) is 13.0. The molecule has 1 atom stereocenters. The number of ether oxygens (including phenoxy) is 1. The van der Waals surface area contributed by atoms with Gasteiger partial charge in [0, 0.05) is 13.7 Å². The zero-order valence-corrected chi connectivity index (χ0v) is 11.3. The zero-order valence-electron chi connectivity index (χ0n) is 11.3. The Morgan fingerprint density at radius 3 is 2.56 bits per heavy atom. The molecule has 2 rings (SSSR count). The van der Waals surface area contributed by atoms with Gasteiger partial charge in [0.25, 0.3) is 0 Å². The summed E-state index contributed by atoms with van der Waals surface area (Å²) in [4.78, 5) is 0. The molecule has 0 aromatic carbocycles. The molecule has 0 amide bonds. The quantitative estimate of drug-likeness (QED) is 0.833. The van der Waals surface area contributed by atoms with Crippen LogP contribution in [0, 0.1) is 0 Å². The highest BCUT2D eigenvalue weighted by molar-refractivity contribution is 5.07. The van der Waals surface area contributed by atoms with E-state index in [2.05, 4.69) is 10.3 Å². The van der Waals surface area contributed by atoms with E-state index in [1.807, 2.05) is 14.0 Å². The molecule has 1 unspecified atom stereocenters. The van der Waals surface area contributed by atoms with Crippen LogP contribution in [-0.2, 0) is 11.8 Å². The molecule has 0 aliphatic heterocycles. The molecule has 1 aliphatic rings. The molecule has 1 saturated carbocycles. The first kappa shape index (κ1) is 13.5. The molecule has 0 bridgehead atoms. The topological polar surface area (TPSA) is 60.2 Å². The third kappa shape index (κ3) is 2.57. The molecule has 5 heteroatoms. The first-order valence-electron chi connectivity index (χ1n) is 6.86. The number of nitrogens with zero attached hydrogens (tertiary/aromatic N) is 3. The molecular formula is C13H23N3O2. The summed E-state index contributed by atoms with van der Waals surface area (Å²) in [6.45, 7) is 2.61. The summed E-state index contributed by atoms with van der Waals surface area (Å²) in [6.07, 6.45) is 7.49. The minimum absolute atomic E-state index is 0.458. The lowest BCUT2D eigenvalue weighted by Crippen LogP contribution is -2.40. The highest BCUT2D eigenvalue weighted by atomic mass is 16.5. The number of aliphatic hydroxyl groups is 1. The number of rotatable bonds is 4. The molecule has 1 fully saturated rings. The van der Waals surface area contributed by atoms with E-state index in [4.69, 9.17) is 4.74 Å². The standard InChI is InChI=1S/C13H23N3O2/c1-3-18-13(8-6-4-5-7-9-13)12(17)11-10-14-15-16(11)2/h10,12,17H,3-9H2,1-2H3. The Morgan fingerprint density at radius 2 is 2.06 bits per heavy atom. The van der Waals surface area contributed by atoms with Gasteiger partial charge in [0.1, 0.15) is 6.10 Å². The summed E-state index contributed by atoms with van der Waals surface area (Å²) < 4.78 is 7.61. The van der Waals surface area contributed by atoms with Crippen LogP contribution in [0.15, 0.2) is 6.20 Å². The molecular weight excluding hydrogens is 230 g/mol. The molecule has 1 N–H and O–H groups in total. The van der Waals surface area contributed by atoms with E-state index >= 15 is 0 Å². The lowest BCUT2D eigenvalue weighted by atomic mass is 9.86. The molecule has 1 aromatic heterocycles. The van der Waals surface area contributed by atoms with Crippen molar-refractivity contribution >= 4 is 0 Å². The molecule has 1 heterocycles. The van der Waals surface area contributed by atoms with Gasteiger partial charge in [-0.25, -0.2) is 4.68 Å². The third-order valence-corrected chi connectivity index (χ3v) is 3.91. The maximum absolute atomic E-state index is 10.7. The van der Waals surface area contributed by atoms with E-state index in [0.717, 1.165) is 31.4 Å². The molecule has 102 valence electrons. The van der Waals surface area contributed by atoms with Gasteiger partial charge in [0.15, 0.2) is 0 Å². The van der Waals surface area contributed by atoms with Crippen LogP contribution in [0.25, 0.3) is 0 Å². The van der Waals surface area contributed by atoms with Crippen molar-refractivity contribution in [2.45, 2.75) is 57.2 Å². The molecule has 18 heavy (non-hydrogen) atoms. The van der Waals surface area contributed by atoms with Crippen LogP contribution in [-0.4, -0.2) is 32.3 Å². The molecule has 0 spiro atoms. The first-order chi connectivity index (χ1) is 8.69. The van der Waals surface area contributed by atoms with E-state index in [0.29, 0.717) is 6.61 Å².